The first-order valence-electron chi connectivity index (χ1n) is 8.26. The number of aromatic nitrogens is 1. The van der Waals surface area contributed by atoms with Crippen molar-refractivity contribution in [3.05, 3.63) is 35.5 Å². The zero-order valence-electron chi connectivity index (χ0n) is 13.2. The summed E-state index contributed by atoms with van der Waals surface area (Å²) in [4.78, 5) is 6.99. The van der Waals surface area contributed by atoms with Crippen LogP contribution < -0.4 is 5.32 Å². The van der Waals surface area contributed by atoms with Crippen molar-refractivity contribution in [1.29, 1.82) is 0 Å². The fraction of sp³-hybridized carbons (Fsp3) is 0.500. The first-order valence-corrected chi connectivity index (χ1v) is 8.64. The van der Waals surface area contributed by atoms with Gasteiger partial charge in [0.25, 0.3) is 0 Å². The van der Waals surface area contributed by atoms with Crippen LogP contribution in [0.2, 0.25) is 5.02 Å². The second kappa shape index (κ2) is 7.30. The molecule has 118 valence electrons. The van der Waals surface area contributed by atoms with Gasteiger partial charge in [-0.05, 0) is 56.1 Å². The van der Waals surface area contributed by atoms with Gasteiger partial charge in [-0.3, -0.25) is 4.98 Å². The second-order valence-electron chi connectivity index (χ2n) is 6.21. The second-order valence-corrected chi connectivity index (χ2v) is 6.65. The van der Waals surface area contributed by atoms with Gasteiger partial charge in [0.1, 0.15) is 0 Å². The van der Waals surface area contributed by atoms with Gasteiger partial charge in [-0.1, -0.05) is 24.9 Å². The number of hydrogen-bond donors (Lipinski definition) is 1. The number of unbranched alkanes of at least 4 members (excludes halogenated alkanes) is 1. The Morgan fingerprint density at radius 1 is 1.36 bits per heavy atom. The molecule has 1 aromatic heterocycles. The molecule has 1 aromatic carbocycles. The molecule has 1 N–H and O–H groups in total. The van der Waals surface area contributed by atoms with Crippen LogP contribution in [0.25, 0.3) is 10.9 Å². The summed E-state index contributed by atoms with van der Waals surface area (Å²) in [5.41, 5.74) is 2.11. The highest BCUT2D eigenvalue weighted by Crippen LogP contribution is 2.25. The fourth-order valence-electron chi connectivity index (χ4n) is 3.19. The van der Waals surface area contributed by atoms with E-state index >= 15 is 0 Å². The Morgan fingerprint density at radius 3 is 3.14 bits per heavy atom. The molecule has 1 fully saturated rings. The molecule has 1 saturated heterocycles. The minimum atomic E-state index is 0.736. The normalized spacial score (nSPS) is 18.9. The molecule has 22 heavy (non-hydrogen) atoms. The first kappa shape index (κ1) is 15.6. The van der Waals surface area contributed by atoms with Crippen LogP contribution in [0, 0.1) is 5.92 Å². The lowest BCUT2D eigenvalue weighted by molar-refractivity contribution is 0.320. The highest BCUT2D eigenvalue weighted by molar-refractivity contribution is 6.31. The van der Waals surface area contributed by atoms with E-state index in [-0.39, 0.29) is 0 Å². The van der Waals surface area contributed by atoms with Crippen molar-refractivity contribution in [3.8, 4) is 0 Å². The van der Waals surface area contributed by atoms with E-state index in [0.717, 1.165) is 34.1 Å². The van der Waals surface area contributed by atoms with E-state index in [1.54, 1.807) is 0 Å². The summed E-state index contributed by atoms with van der Waals surface area (Å²) < 4.78 is 0. The minimum absolute atomic E-state index is 0.736. The summed E-state index contributed by atoms with van der Waals surface area (Å²) in [7, 11) is 0. The Bertz CT molecular complexity index is 629. The molecule has 1 unspecified atom stereocenters. The van der Waals surface area contributed by atoms with Crippen LogP contribution in [-0.4, -0.2) is 36.1 Å². The van der Waals surface area contributed by atoms with Gasteiger partial charge >= 0.3 is 0 Å². The predicted molar refractivity (Wildman–Crippen MR) is 94.7 cm³/mol. The molecule has 2 aromatic rings. The van der Waals surface area contributed by atoms with Crippen molar-refractivity contribution in [2.24, 2.45) is 5.92 Å². The fourth-order valence-corrected chi connectivity index (χ4v) is 3.36. The van der Waals surface area contributed by atoms with E-state index in [4.69, 9.17) is 11.6 Å². The molecule has 0 bridgehead atoms. The van der Waals surface area contributed by atoms with Crippen LogP contribution in [0.5, 0.6) is 0 Å². The maximum Gasteiger partial charge on any atom is 0.0737 e. The number of nitrogens with one attached hydrogen (secondary N) is 1. The summed E-state index contributed by atoms with van der Waals surface area (Å²) in [6.07, 6.45) is 5.75. The minimum Gasteiger partial charge on any atom is -0.384 e. The zero-order chi connectivity index (χ0) is 15.4. The molecule has 1 aliphatic heterocycles. The van der Waals surface area contributed by atoms with E-state index < -0.39 is 0 Å². The van der Waals surface area contributed by atoms with Crippen LogP contribution in [0.15, 0.2) is 30.5 Å². The zero-order valence-corrected chi connectivity index (χ0v) is 13.9. The van der Waals surface area contributed by atoms with Crippen LogP contribution in [0.3, 0.4) is 0 Å². The van der Waals surface area contributed by atoms with Crippen LogP contribution in [0.1, 0.15) is 26.2 Å². The highest BCUT2D eigenvalue weighted by atomic mass is 35.5. The molecule has 0 radical (unpaired) electrons. The average Bonchev–Trinajstić information content (AvgIpc) is 2.98. The first-order chi connectivity index (χ1) is 10.8. The molecule has 1 atom stereocenters. The van der Waals surface area contributed by atoms with Crippen molar-refractivity contribution >= 4 is 28.2 Å². The summed E-state index contributed by atoms with van der Waals surface area (Å²) in [6, 6.07) is 7.96. The molecular weight excluding hydrogens is 294 g/mol. The number of rotatable bonds is 6. The van der Waals surface area contributed by atoms with Gasteiger partial charge in [0.05, 0.1) is 5.52 Å². The van der Waals surface area contributed by atoms with Crippen molar-refractivity contribution in [2.45, 2.75) is 26.2 Å². The Kier molecular flexibility index (Phi) is 5.16. The molecule has 0 saturated carbocycles. The highest BCUT2D eigenvalue weighted by Gasteiger charge is 2.21. The Labute approximate surface area is 137 Å². The number of pyridine rings is 1. The quantitative estimate of drug-likeness (QED) is 0.854. The monoisotopic (exact) mass is 317 g/mol. The largest absolute Gasteiger partial charge is 0.384 e. The Hall–Kier alpha value is -1.32. The van der Waals surface area contributed by atoms with Crippen LogP contribution in [-0.2, 0) is 0 Å². The number of anilines is 1. The molecule has 0 amide bonds. The van der Waals surface area contributed by atoms with Crippen molar-refractivity contribution < 1.29 is 0 Å². The summed E-state index contributed by atoms with van der Waals surface area (Å²) >= 11 is 6.04. The topological polar surface area (TPSA) is 28.2 Å². The maximum absolute atomic E-state index is 6.04. The SMILES string of the molecule is CCCCN1CCC(CNc2ccnc3cc(Cl)ccc23)C1. The lowest BCUT2D eigenvalue weighted by atomic mass is 10.1. The number of hydrogen-bond acceptors (Lipinski definition) is 3. The van der Waals surface area contributed by atoms with Gasteiger partial charge in [-0.15, -0.1) is 0 Å². The van der Waals surface area contributed by atoms with Crippen molar-refractivity contribution in [2.75, 3.05) is 31.5 Å². The Balaban J connectivity index is 1.60. The van der Waals surface area contributed by atoms with Gasteiger partial charge in [0.2, 0.25) is 0 Å². The maximum atomic E-state index is 6.04. The molecule has 0 aliphatic carbocycles. The molecule has 3 nitrogen and oxygen atoms in total. The summed E-state index contributed by atoms with van der Waals surface area (Å²) in [5, 5.41) is 5.50. The Morgan fingerprint density at radius 2 is 2.27 bits per heavy atom. The third-order valence-electron chi connectivity index (χ3n) is 4.48. The molecule has 1 aliphatic rings. The summed E-state index contributed by atoms with van der Waals surface area (Å²) in [5.74, 6) is 0.743. The third kappa shape index (κ3) is 3.71. The van der Waals surface area contributed by atoms with E-state index in [9.17, 15) is 0 Å². The molecule has 2 heterocycles. The number of likely N-dealkylation sites (tertiary alicyclic amines) is 1. The van der Waals surface area contributed by atoms with Gasteiger partial charge < -0.3 is 10.2 Å². The predicted octanol–water partition coefficient (Wildman–Crippen LogP) is 4.42. The van der Waals surface area contributed by atoms with Crippen LogP contribution in [0.4, 0.5) is 5.69 Å². The lowest BCUT2D eigenvalue weighted by Crippen LogP contribution is -2.24. The summed E-state index contributed by atoms with van der Waals surface area (Å²) in [6.45, 7) is 7.02. The third-order valence-corrected chi connectivity index (χ3v) is 4.72. The molecule has 4 heteroatoms. The smallest absolute Gasteiger partial charge is 0.0737 e. The van der Waals surface area contributed by atoms with E-state index in [1.807, 2.05) is 18.3 Å². The van der Waals surface area contributed by atoms with Gasteiger partial charge in [-0.25, -0.2) is 0 Å². The molecular formula is C18H24ClN3. The van der Waals surface area contributed by atoms with Gasteiger partial charge in [-0.2, -0.15) is 0 Å². The van der Waals surface area contributed by atoms with E-state index in [1.165, 1.54) is 38.9 Å². The molecule has 3 rings (SSSR count). The van der Waals surface area contributed by atoms with E-state index in [0.29, 0.717) is 0 Å². The standard InChI is InChI=1S/C18H24ClN3/c1-2-3-9-22-10-7-14(13-22)12-21-17-6-8-20-18-11-15(19)4-5-16(17)18/h4-6,8,11,14H,2-3,7,9-10,12-13H2,1H3,(H,20,21). The van der Waals surface area contributed by atoms with Gasteiger partial charge in [0, 0.05) is 35.4 Å². The van der Waals surface area contributed by atoms with Crippen molar-refractivity contribution in [1.82, 2.24) is 9.88 Å². The number of fused-ring (bicyclic) bond motifs is 1. The molecule has 0 spiro atoms. The lowest BCUT2D eigenvalue weighted by Gasteiger charge is -2.16. The van der Waals surface area contributed by atoms with Crippen molar-refractivity contribution in [3.63, 3.8) is 0 Å². The average molecular weight is 318 g/mol. The number of nitrogens with zero attached hydrogens (tertiary/aromatic N) is 2. The van der Waals surface area contributed by atoms with Gasteiger partial charge in [0.15, 0.2) is 0 Å². The van der Waals surface area contributed by atoms with E-state index in [2.05, 4.69) is 34.3 Å². The number of benzene rings is 1. The number of halogens is 1. The van der Waals surface area contributed by atoms with Crippen LogP contribution >= 0.6 is 11.6 Å².